The molecule has 0 heterocycles. The molecule has 1 aliphatic rings. The predicted molar refractivity (Wildman–Crippen MR) is 79.6 cm³/mol. The monoisotopic (exact) mass is 365 g/mol. The van der Waals surface area contributed by atoms with Gasteiger partial charge in [0.05, 0.1) is 30.8 Å². The number of hydrogen-bond acceptors (Lipinski definition) is 8. The summed E-state index contributed by atoms with van der Waals surface area (Å²) < 4.78 is 10.4. The van der Waals surface area contributed by atoms with E-state index in [-0.39, 0.29) is 19.4 Å². The van der Waals surface area contributed by atoms with Crippen LogP contribution in [0.2, 0.25) is 0 Å². The number of ether oxygens (including phenoxy) is 2. The first-order chi connectivity index (χ1) is 11.6. The zero-order chi connectivity index (χ0) is 19.2. The second kappa shape index (κ2) is 9.06. The second-order valence-electron chi connectivity index (χ2n) is 5.97. The molecular formula is C14H23NO10. The number of methoxy groups -OCH3 is 1. The minimum atomic E-state index is -1.58. The van der Waals surface area contributed by atoms with Crippen molar-refractivity contribution in [2.24, 2.45) is 0 Å². The molecule has 0 aromatic rings. The van der Waals surface area contributed by atoms with E-state index in [0.717, 1.165) is 0 Å². The second-order valence-corrected chi connectivity index (χ2v) is 5.97. The molecule has 1 saturated carbocycles. The van der Waals surface area contributed by atoms with Crippen LogP contribution in [0.15, 0.2) is 0 Å². The number of carbonyl (C=O) groups excluding carboxylic acids is 1. The van der Waals surface area contributed by atoms with Gasteiger partial charge in [-0.2, -0.15) is 0 Å². The Bertz CT molecular complexity index is 484. The van der Waals surface area contributed by atoms with Crippen LogP contribution in [0.3, 0.4) is 0 Å². The lowest BCUT2D eigenvalue weighted by molar-refractivity contribution is -0.185. The molecule has 0 aromatic carbocycles. The maximum absolute atomic E-state index is 11.7. The SMILES string of the molecule is COC1(COCC(=O)N[C@@H](CC(=O)O)C(=O)O)CC(O)C(O)C(O)C1. The minimum Gasteiger partial charge on any atom is -0.481 e. The van der Waals surface area contributed by atoms with Crippen molar-refractivity contribution in [2.75, 3.05) is 20.3 Å². The quantitative estimate of drug-likeness (QED) is 0.251. The molecule has 0 saturated heterocycles. The Balaban J connectivity index is 2.52. The average Bonchev–Trinajstić information content (AvgIpc) is 2.51. The van der Waals surface area contributed by atoms with Crippen LogP contribution in [0.5, 0.6) is 0 Å². The summed E-state index contributed by atoms with van der Waals surface area (Å²) in [4.78, 5) is 33.1. The molecule has 1 fully saturated rings. The Kier molecular flexibility index (Phi) is 7.70. The lowest BCUT2D eigenvalue weighted by atomic mass is 9.80. The van der Waals surface area contributed by atoms with Crippen LogP contribution in [0, 0.1) is 0 Å². The van der Waals surface area contributed by atoms with Crippen LogP contribution in [0.4, 0.5) is 0 Å². The number of carbonyl (C=O) groups is 3. The lowest BCUT2D eigenvalue weighted by Crippen LogP contribution is -2.55. The first kappa shape index (κ1) is 21.3. The van der Waals surface area contributed by atoms with Crippen LogP contribution >= 0.6 is 0 Å². The topological polar surface area (TPSA) is 183 Å². The van der Waals surface area contributed by atoms with Gasteiger partial charge in [-0.1, -0.05) is 0 Å². The normalized spacial score (nSPS) is 30.5. The van der Waals surface area contributed by atoms with Gasteiger partial charge in [-0.3, -0.25) is 9.59 Å². The number of rotatable bonds is 9. The summed E-state index contributed by atoms with van der Waals surface area (Å²) in [6.45, 7) is -0.766. The molecule has 1 aliphatic carbocycles. The minimum absolute atomic E-state index is 0.0277. The molecule has 0 bridgehead atoms. The Hall–Kier alpha value is -1.79. The third kappa shape index (κ3) is 6.21. The number of aliphatic hydroxyl groups is 3. The number of aliphatic hydroxyl groups excluding tert-OH is 3. The zero-order valence-corrected chi connectivity index (χ0v) is 13.6. The number of aliphatic carboxylic acids is 2. The summed E-state index contributed by atoms with van der Waals surface area (Å²) in [5.41, 5.74) is -1.12. The first-order valence-corrected chi connectivity index (χ1v) is 7.51. The molecule has 6 N–H and O–H groups in total. The number of hydrogen-bond donors (Lipinski definition) is 6. The number of carboxylic acid groups (broad SMARTS) is 2. The fourth-order valence-electron chi connectivity index (χ4n) is 2.63. The molecule has 1 rings (SSSR count). The van der Waals surface area contributed by atoms with E-state index in [2.05, 4.69) is 0 Å². The summed E-state index contributed by atoms with van der Waals surface area (Å²) in [7, 11) is 1.33. The van der Waals surface area contributed by atoms with Gasteiger partial charge in [-0.05, 0) is 0 Å². The van der Waals surface area contributed by atoms with Crippen molar-refractivity contribution < 1.29 is 49.4 Å². The molecule has 11 heteroatoms. The van der Waals surface area contributed by atoms with Crippen LogP contribution in [-0.2, 0) is 23.9 Å². The smallest absolute Gasteiger partial charge is 0.326 e. The van der Waals surface area contributed by atoms with Crippen LogP contribution in [-0.4, -0.2) is 93.7 Å². The van der Waals surface area contributed by atoms with E-state index in [1.165, 1.54) is 7.11 Å². The van der Waals surface area contributed by atoms with Gasteiger partial charge in [-0.15, -0.1) is 0 Å². The highest BCUT2D eigenvalue weighted by atomic mass is 16.5. The molecule has 25 heavy (non-hydrogen) atoms. The summed E-state index contributed by atoms with van der Waals surface area (Å²) in [5.74, 6) is -3.70. The highest BCUT2D eigenvalue weighted by molar-refractivity contribution is 5.87. The van der Waals surface area contributed by atoms with Crippen LogP contribution < -0.4 is 5.32 Å². The molecule has 11 nitrogen and oxygen atoms in total. The Morgan fingerprint density at radius 1 is 1.16 bits per heavy atom. The first-order valence-electron chi connectivity index (χ1n) is 7.51. The molecule has 0 aromatic heterocycles. The van der Waals surface area contributed by atoms with Gasteiger partial charge in [0, 0.05) is 20.0 Å². The Morgan fingerprint density at radius 3 is 2.16 bits per heavy atom. The van der Waals surface area contributed by atoms with Crippen molar-refractivity contribution in [1.82, 2.24) is 5.32 Å². The molecule has 0 spiro atoms. The summed E-state index contributed by atoms with van der Waals surface area (Å²) in [6.07, 6.45) is -4.60. The van der Waals surface area contributed by atoms with Crippen molar-refractivity contribution in [3.05, 3.63) is 0 Å². The van der Waals surface area contributed by atoms with Gasteiger partial charge in [0.1, 0.15) is 18.8 Å². The highest BCUT2D eigenvalue weighted by Crippen LogP contribution is 2.32. The molecular weight excluding hydrogens is 342 g/mol. The van der Waals surface area contributed by atoms with Crippen LogP contribution in [0.25, 0.3) is 0 Å². The number of carboxylic acids is 2. The Morgan fingerprint density at radius 2 is 1.72 bits per heavy atom. The van der Waals surface area contributed by atoms with Crippen LogP contribution in [0.1, 0.15) is 19.3 Å². The van der Waals surface area contributed by atoms with Crippen molar-refractivity contribution >= 4 is 17.8 Å². The summed E-state index contributed by atoms with van der Waals surface area (Å²) in [5, 5.41) is 48.5. The maximum Gasteiger partial charge on any atom is 0.326 e. The van der Waals surface area contributed by atoms with E-state index in [1.54, 1.807) is 0 Å². The molecule has 1 amide bonds. The van der Waals surface area contributed by atoms with Gasteiger partial charge in [0.15, 0.2) is 0 Å². The standard InChI is InChI=1S/C14H23NO10/c1-24-14(3-8(16)12(21)9(17)4-14)6-25-5-10(18)15-7(13(22)23)2-11(19)20/h7-9,12,16-17,21H,2-6H2,1H3,(H,15,18)(H,19,20)(H,22,23)/t7-,8?,9?,12?,14?/m0/s1. The molecule has 144 valence electrons. The Labute approximate surface area is 143 Å². The summed E-state index contributed by atoms with van der Waals surface area (Å²) >= 11 is 0. The van der Waals surface area contributed by atoms with E-state index in [4.69, 9.17) is 19.7 Å². The van der Waals surface area contributed by atoms with E-state index >= 15 is 0 Å². The maximum atomic E-state index is 11.7. The van der Waals surface area contributed by atoms with E-state index in [0.29, 0.717) is 0 Å². The zero-order valence-electron chi connectivity index (χ0n) is 13.6. The number of nitrogens with one attached hydrogen (secondary N) is 1. The predicted octanol–water partition coefficient (Wildman–Crippen LogP) is -2.69. The molecule has 3 atom stereocenters. The lowest BCUT2D eigenvalue weighted by Gasteiger charge is -2.42. The largest absolute Gasteiger partial charge is 0.481 e. The van der Waals surface area contributed by atoms with E-state index in [1.807, 2.05) is 5.32 Å². The number of amides is 1. The highest BCUT2D eigenvalue weighted by Gasteiger charge is 2.45. The summed E-state index contributed by atoms with van der Waals surface area (Å²) in [6, 6.07) is -1.58. The van der Waals surface area contributed by atoms with Gasteiger partial charge < -0.3 is 40.3 Å². The third-order valence-corrected chi connectivity index (χ3v) is 3.99. The van der Waals surface area contributed by atoms with Gasteiger partial charge >= 0.3 is 11.9 Å². The van der Waals surface area contributed by atoms with Crippen molar-refractivity contribution in [1.29, 1.82) is 0 Å². The average molecular weight is 365 g/mol. The molecule has 0 radical (unpaired) electrons. The van der Waals surface area contributed by atoms with E-state index in [9.17, 15) is 29.7 Å². The molecule has 2 unspecified atom stereocenters. The van der Waals surface area contributed by atoms with E-state index < -0.39 is 60.8 Å². The van der Waals surface area contributed by atoms with Crippen molar-refractivity contribution in [3.63, 3.8) is 0 Å². The third-order valence-electron chi connectivity index (χ3n) is 3.99. The molecule has 0 aliphatic heterocycles. The van der Waals surface area contributed by atoms with Crippen molar-refractivity contribution in [3.8, 4) is 0 Å². The fraction of sp³-hybridized carbons (Fsp3) is 0.786. The van der Waals surface area contributed by atoms with Gasteiger partial charge in [0.25, 0.3) is 0 Å². The van der Waals surface area contributed by atoms with Gasteiger partial charge in [-0.25, -0.2) is 4.79 Å². The fourth-order valence-corrected chi connectivity index (χ4v) is 2.63. The van der Waals surface area contributed by atoms with Crippen molar-refractivity contribution in [2.45, 2.75) is 49.2 Å². The van der Waals surface area contributed by atoms with Gasteiger partial charge in [0.2, 0.25) is 5.91 Å².